The lowest BCUT2D eigenvalue weighted by molar-refractivity contribution is 0.206. The third-order valence-electron chi connectivity index (χ3n) is 3.10. The number of carbonyl (C=O) groups excluding carboxylic acids is 1. The van der Waals surface area contributed by atoms with Crippen LogP contribution in [0.2, 0.25) is 5.02 Å². The van der Waals surface area contributed by atoms with Gasteiger partial charge < -0.3 is 10.2 Å². The van der Waals surface area contributed by atoms with E-state index < -0.39 is 0 Å². The normalized spacial score (nSPS) is 10.2. The van der Waals surface area contributed by atoms with Crippen LogP contribution in [0.15, 0.2) is 48.7 Å². The molecule has 1 aromatic heterocycles. The molecule has 4 nitrogen and oxygen atoms in total. The summed E-state index contributed by atoms with van der Waals surface area (Å²) < 4.78 is 0. The van der Waals surface area contributed by atoms with Crippen molar-refractivity contribution in [3.63, 3.8) is 0 Å². The predicted molar refractivity (Wildman–Crippen MR) is 84.3 cm³/mol. The monoisotopic (exact) mass is 303 g/mol. The molecule has 0 atom stereocenters. The van der Waals surface area contributed by atoms with E-state index in [0.717, 1.165) is 16.3 Å². The second-order valence-corrected chi connectivity index (χ2v) is 5.16. The van der Waals surface area contributed by atoms with Crippen molar-refractivity contribution >= 4 is 17.6 Å². The number of hydrogen-bond donors (Lipinski definition) is 1. The van der Waals surface area contributed by atoms with Crippen molar-refractivity contribution in [1.82, 2.24) is 15.2 Å². The molecular formula is C16H18ClN3O. The largest absolute Gasteiger partial charge is 0.338 e. The Morgan fingerprint density at radius 2 is 2.00 bits per heavy atom. The molecule has 0 saturated heterocycles. The first kappa shape index (κ1) is 15.3. The number of carbonyl (C=O) groups is 1. The molecule has 2 aromatic rings. The van der Waals surface area contributed by atoms with E-state index in [-0.39, 0.29) is 6.03 Å². The summed E-state index contributed by atoms with van der Waals surface area (Å²) in [6.07, 6.45) is 2.43. The number of aromatic nitrogens is 1. The van der Waals surface area contributed by atoms with Crippen LogP contribution in [0, 0.1) is 0 Å². The zero-order valence-corrected chi connectivity index (χ0v) is 12.7. The van der Waals surface area contributed by atoms with Crippen molar-refractivity contribution in [2.24, 2.45) is 0 Å². The highest BCUT2D eigenvalue weighted by molar-refractivity contribution is 6.31. The quantitative estimate of drug-likeness (QED) is 0.922. The molecule has 0 fully saturated rings. The van der Waals surface area contributed by atoms with Gasteiger partial charge in [0.2, 0.25) is 0 Å². The second kappa shape index (κ2) is 7.64. The maximum absolute atomic E-state index is 12.0. The molecule has 0 unspecified atom stereocenters. The molecule has 0 spiro atoms. The number of benzene rings is 1. The lowest BCUT2D eigenvalue weighted by Crippen LogP contribution is -2.37. The topological polar surface area (TPSA) is 45.2 Å². The summed E-state index contributed by atoms with van der Waals surface area (Å²) in [6.45, 7) is 1.04. The lowest BCUT2D eigenvalue weighted by Gasteiger charge is -2.17. The highest BCUT2D eigenvalue weighted by Gasteiger charge is 2.09. The Hall–Kier alpha value is -2.07. The summed E-state index contributed by atoms with van der Waals surface area (Å²) in [5.41, 5.74) is 1.90. The average Bonchev–Trinajstić information content (AvgIpc) is 2.50. The smallest absolute Gasteiger partial charge is 0.317 e. The highest BCUT2D eigenvalue weighted by Crippen LogP contribution is 2.14. The van der Waals surface area contributed by atoms with Crippen LogP contribution >= 0.6 is 11.6 Å². The van der Waals surface area contributed by atoms with Crippen LogP contribution < -0.4 is 5.32 Å². The summed E-state index contributed by atoms with van der Waals surface area (Å²) in [5, 5.41) is 3.61. The molecule has 0 saturated carbocycles. The predicted octanol–water partition coefficient (Wildman–Crippen LogP) is 3.12. The average molecular weight is 304 g/mol. The fourth-order valence-electron chi connectivity index (χ4n) is 1.95. The number of rotatable bonds is 5. The van der Waals surface area contributed by atoms with Crippen LogP contribution in [0.1, 0.15) is 11.3 Å². The van der Waals surface area contributed by atoms with E-state index in [1.807, 2.05) is 42.5 Å². The van der Waals surface area contributed by atoms with Crippen LogP contribution in [0.4, 0.5) is 4.79 Å². The summed E-state index contributed by atoms with van der Waals surface area (Å²) in [7, 11) is 1.75. The Morgan fingerprint density at radius 1 is 1.24 bits per heavy atom. The molecule has 21 heavy (non-hydrogen) atoms. The van der Waals surface area contributed by atoms with Crippen molar-refractivity contribution in [1.29, 1.82) is 0 Å². The molecule has 1 heterocycles. The van der Waals surface area contributed by atoms with Gasteiger partial charge in [-0.15, -0.1) is 0 Å². The van der Waals surface area contributed by atoms with E-state index in [2.05, 4.69) is 10.3 Å². The molecule has 2 rings (SSSR count). The van der Waals surface area contributed by atoms with Gasteiger partial charge in [-0.1, -0.05) is 35.9 Å². The fourth-order valence-corrected chi connectivity index (χ4v) is 2.18. The van der Waals surface area contributed by atoms with Crippen molar-refractivity contribution < 1.29 is 4.79 Å². The molecule has 0 bridgehead atoms. The zero-order chi connectivity index (χ0) is 15.1. The second-order valence-electron chi connectivity index (χ2n) is 4.75. The Balaban J connectivity index is 1.78. The van der Waals surface area contributed by atoms with Crippen LogP contribution in [-0.4, -0.2) is 29.5 Å². The molecule has 110 valence electrons. The maximum Gasteiger partial charge on any atom is 0.317 e. The van der Waals surface area contributed by atoms with E-state index in [4.69, 9.17) is 11.6 Å². The zero-order valence-electron chi connectivity index (χ0n) is 11.9. The summed E-state index contributed by atoms with van der Waals surface area (Å²) in [5.74, 6) is 0. The van der Waals surface area contributed by atoms with Crippen molar-refractivity contribution in [2.45, 2.75) is 13.0 Å². The minimum absolute atomic E-state index is 0.118. The Labute approximate surface area is 129 Å². The number of urea groups is 1. The summed E-state index contributed by atoms with van der Waals surface area (Å²) >= 11 is 6.08. The van der Waals surface area contributed by atoms with E-state index in [1.54, 1.807) is 18.1 Å². The molecule has 1 N–H and O–H groups in total. The van der Waals surface area contributed by atoms with Gasteiger partial charge in [-0.2, -0.15) is 0 Å². The molecule has 1 aromatic carbocycles. The van der Waals surface area contributed by atoms with Gasteiger partial charge >= 0.3 is 6.03 Å². The number of nitrogens with zero attached hydrogens (tertiary/aromatic N) is 2. The van der Waals surface area contributed by atoms with Gasteiger partial charge in [0.25, 0.3) is 0 Å². The number of nitrogens with one attached hydrogen (secondary N) is 1. The van der Waals surface area contributed by atoms with E-state index in [9.17, 15) is 4.79 Å². The standard InChI is InChI=1S/C16H18ClN3O/c1-20(12-14-7-4-5-10-18-14)16(21)19-11-9-13-6-2-3-8-15(13)17/h2-8,10H,9,11-12H2,1H3,(H,19,21). The van der Waals surface area contributed by atoms with Gasteiger partial charge in [-0.05, 0) is 30.2 Å². The van der Waals surface area contributed by atoms with Gasteiger partial charge in [0, 0.05) is 24.8 Å². The summed E-state index contributed by atoms with van der Waals surface area (Å²) in [6, 6.07) is 13.2. The Bertz CT molecular complexity index is 589. The Kier molecular flexibility index (Phi) is 5.58. The van der Waals surface area contributed by atoms with E-state index in [1.165, 1.54) is 0 Å². The van der Waals surface area contributed by atoms with Gasteiger partial charge in [-0.3, -0.25) is 4.98 Å². The first-order valence-electron chi connectivity index (χ1n) is 6.79. The lowest BCUT2D eigenvalue weighted by atomic mass is 10.1. The van der Waals surface area contributed by atoms with Crippen LogP contribution in [0.5, 0.6) is 0 Å². The third-order valence-corrected chi connectivity index (χ3v) is 3.47. The first-order valence-corrected chi connectivity index (χ1v) is 7.17. The minimum atomic E-state index is -0.118. The van der Waals surface area contributed by atoms with E-state index in [0.29, 0.717) is 19.5 Å². The minimum Gasteiger partial charge on any atom is -0.338 e. The molecule has 0 aliphatic rings. The molecule has 0 radical (unpaired) electrons. The summed E-state index contributed by atoms with van der Waals surface area (Å²) in [4.78, 5) is 17.8. The fraction of sp³-hybridized carbons (Fsp3) is 0.250. The van der Waals surface area contributed by atoms with Gasteiger partial charge in [0.05, 0.1) is 12.2 Å². The van der Waals surface area contributed by atoms with Crippen molar-refractivity contribution in [3.05, 3.63) is 64.9 Å². The Morgan fingerprint density at radius 3 is 2.71 bits per heavy atom. The SMILES string of the molecule is CN(Cc1ccccn1)C(=O)NCCc1ccccc1Cl. The number of amides is 2. The first-order chi connectivity index (χ1) is 10.2. The van der Waals surface area contributed by atoms with Crippen LogP contribution in [-0.2, 0) is 13.0 Å². The molecule has 0 aliphatic heterocycles. The van der Waals surface area contributed by atoms with Crippen LogP contribution in [0.25, 0.3) is 0 Å². The van der Waals surface area contributed by atoms with Gasteiger partial charge in [0.15, 0.2) is 0 Å². The molecule has 0 aliphatic carbocycles. The van der Waals surface area contributed by atoms with Crippen LogP contribution in [0.3, 0.4) is 0 Å². The number of hydrogen-bond acceptors (Lipinski definition) is 2. The maximum atomic E-state index is 12.0. The van der Waals surface area contributed by atoms with Crippen molar-refractivity contribution in [3.8, 4) is 0 Å². The van der Waals surface area contributed by atoms with Gasteiger partial charge in [0.1, 0.15) is 0 Å². The number of pyridine rings is 1. The number of halogens is 1. The van der Waals surface area contributed by atoms with Crippen molar-refractivity contribution in [2.75, 3.05) is 13.6 Å². The highest BCUT2D eigenvalue weighted by atomic mass is 35.5. The molecule has 5 heteroatoms. The molecule has 2 amide bonds. The van der Waals surface area contributed by atoms with Gasteiger partial charge in [-0.25, -0.2) is 4.79 Å². The molecular weight excluding hydrogens is 286 g/mol. The van der Waals surface area contributed by atoms with E-state index >= 15 is 0 Å². The third kappa shape index (κ3) is 4.76.